The van der Waals surface area contributed by atoms with E-state index in [0.29, 0.717) is 24.2 Å². The standard InChI is InChI=1S/C26H39O9P/c1-14-22(20(29)13-27)33-24(30)23(14)35-36(31,32)34-21-7-6-18-17-5-4-15-12-16(28)8-10-25(15,2)19(17)9-11-26(18,21)3/h4,16-22,27-29H,5-13H2,1-3H3,(H,31,32)/p-1/t16-,17?,18?,19?,20?,21-,22?,25-,26-/m0/s1. The minimum absolute atomic E-state index is 0.0991. The molecule has 0 spiro atoms. The number of carbonyl (C=O) groups excluding carboxylic acids is 1. The molecule has 36 heavy (non-hydrogen) atoms. The van der Waals surface area contributed by atoms with Gasteiger partial charge >= 0.3 is 13.8 Å². The zero-order chi connectivity index (χ0) is 26.0. The molecule has 1 aliphatic heterocycles. The van der Waals surface area contributed by atoms with E-state index in [1.165, 1.54) is 12.5 Å². The van der Waals surface area contributed by atoms with Crippen LogP contribution in [0.5, 0.6) is 0 Å². The highest BCUT2D eigenvalue weighted by atomic mass is 31.2. The van der Waals surface area contributed by atoms with Gasteiger partial charge in [0.1, 0.15) is 6.10 Å². The lowest BCUT2D eigenvalue weighted by molar-refractivity contribution is -0.231. The lowest BCUT2D eigenvalue weighted by Gasteiger charge is -2.58. The van der Waals surface area contributed by atoms with Crippen molar-refractivity contribution in [1.82, 2.24) is 0 Å². The molecule has 0 aromatic heterocycles. The lowest BCUT2D eigenvalue weighted by Crippen LogP contribution is -2.51. The summed E-state index contributed by atoms with van der Waals surface area (Å²) in [7, 11) is -4.91. The average molecular weight is 526 g/mol. The van der Waals surface area contributed by atoms with Gasteiger partial charge in [-0.25, -0.2) is 4.79 Å². The first kappa shape index (κ1) is 26.4. The van der Waals surface area contributed by atoms with Gasteiger partial charge in [-0.15, -0.1) is 0 Å². The van der Waals surface area contributed by atoms with Crippen LogP contribution in [0.25, 0.3) is 0 Å². The van der Waals surface area contributed by atoms with Crippen molar-refractivity contribution in [2.75, 3.05) is 6.61 Å². The summed E-state index contributed by atoms with van der Waals surface area (Å²) in [5.41, 5.74) is 1.27. The largest absolute Gasteiger partial charge is 0.746 e. The van der Waals surface area contributed by atoms with Gasteiger partial charge in [0.15, 0.2) is 6.10 Å². The number of rotatable bonds is 6. The van der Waals surface area contributed by atoms with E-state index in [9.17, 15) is 24.5 Å². The molecule has 0 saturated heterocycles. The zero-order valence-corrected chi connectivity index (χ0v) is 22.1. The highest BCUT2D eigenvalue weighted by molar-refractivity contribution is 7.46. The van der Waals surface area contributed by atoms with Crippen LogP contribution >= 0.6 is 7.82 Å². The van der Waals surface area contributed by atoms with Crippen molar-refractivity contribution in [2.45, 2.75) is 96.6 Å². The van der Waals surface area contributed by atoms with Gasteiger partial charge in [-0.3, -0.25) is 4.57 Å². The maximum Gasteiger partial charge on any atom is 0.374 e. The monoisotopic (exact) mass is 525 g/mol. The first-order valence-corrected chi connectivity index (χ1v) is 14.6. The van der Waals surface area contributed by atoms with Crippen molar-refractivity contribution in [1.29, 1.82) is 0 Å². The van der Waals surface area contributed by atoms with Crippen molar-refractivity contribution in [3.8, 4) is 0 Å². The Morgan fingerprint density at radius 3 is 2.69 bits per heavy atom. The Morgan fingerprint density at radius 2 is 1.97 bits per heavy atom. The Bertz CT molecular complexity index is 1020. The fourth-order valence-corrected chi connectivity index (χ4v) is 9.32. The number of fused-ring (bicyclic) bond motifs is 5. The molecule has 4 aliphatic carbocycles. The van der Waals surface area contributed by atoms with E-state index < -0.39 is 44.5 Å². The third-order valence-electron chi connectivity index (χ3n) is 10.2. The molecule has 5 rings (SSSR count). The first-order chi connectivity index (χ1) is 16.9. The number of phosphoric ester groups is 1. The summed E-state index contributed by atoms with van der Waals surface area (Å²) < 4.78 is 28.7. The van der Waals surface area contributed by atoms with Gasteiger partial charge in [0, 0.05) is 5.57 Å². The number of aliphatic hydroxyl groups is 3. The quantitative estimate of drug-likeness (QED) is 0.271. The lowest BCUT2D eigenvalue weighted by atomic mass is 9.48. The molecule has 10 atom stereocenters. The molecule has 3 fully saturated rings. The Hall–Kier alpha value is -1.22. The van der Waals surface area contributed by atoms with Crippen LogP contribution in [0.3, 0.4) is 0 Å². The summed E-state index contributed by atoms with van der Waals surface area (Å²) in [6.07, 6.45) is 5.86. The Balaban J connectivity index is 1.31. The second-order valence-electron chi connectivity index (χ2n) is 12.0. The highest BCUT2D eigenvalue weighted by Gasteiger charge is 2.59. The van der Waals surface area contributed by atoms with Crippen LogP contribution < -0.4 is 4.89 Å². The highest BCUT2D eigenvalue weighted by Crippen LogP contribution is 2.66. The molecule has 0 bridgehead atoms. The molecule has 5 aliphatic rings. The predicted molar refractivity (Wildman–Crippen MR) is 127 cm³/mol. The van der Waals surface area contributed by atoms with Crippen LogP contribution in [-0.2, 0) is 23.1 Å². The van der Waals surface area contributed by atoms with Crippen molar-refractivity contribution < 1.29 is 43.4 Å². The predicted octanol–water partition coefficient (Wildman–Crippen LogP) is 2.73. The van der Waals surface area contributed by atoms with E-state index in [1.54, 1.807) is 0 Å². The van der Waals surface area contributed by atoms with Crippen LogP contribution in [0.15, 0.2) is 23.0 Å². The third-order valence-corrected chi connectivity index (χ3v) is 11.1. The molecule has 0 aromatic rings. The molecule has 3 N–H and O–H groups in total. The summed E-state index contributed by atoms with van der Waals surface area (Å²) in [5.74, 6) is -0.219. The number of aliphatic hydroxyl groups excluding tert-OH is 3. The molecule has 6 unspecified atom stereocenters. The second kappa shape index (κ2) is 9.21. The number of phosphoric acid groups is 1. The summed E-state index contributed by atoms with van der Waals surface area (Å²) in [6.45, 7) is 5.26. The van der Waals surface area contributed by atoms with E-state index in [2.05, 4.69) is 19.9 Å². The number of allylic oxidation sites excluding steroid dienone is 1. The molecule has 0 amide bonds. The van der Waals surface area contributed by atoms with Gasteiger partial charge in [0.05, 0.1) is 18.8 Å². The zero-order valence-electron chi connectivity index (χ0n) is 21.2. The van der Waals surface area contributed by atoms with Crippen LogP contribution in [0.2, 0.25) is 0 Å². The fourth-order valence-electron chi connectivity index (χ4n) is 8.18. The van der Waals surface area contributed by atoms with Crippen molar-refractivity contribution in [3.63, 3.8) is 0 Å². The number of esters is 1. The minimum Gasteiger partial charge on any atom is -0.746 e. The van der Waals surface area contributed by atoms with Crippen molar-refractivity contribution >= 4 is 13.8 Å². The van der Waals surface area contributed by atoms with Crippen molar-refractivity contribution in [2.24, 2.45) is 28.6 Å². The molecule has 3 saturated carbocycles. The van der Waals surface area contributed by atoms with E-state index in [1.807, 2.05) is 0 Å². The van der Waals surface area contributed by atoms with Gasteiger partial charge in [-0.2, -0.15) is 0 Å². The maximum absolute atomic E-state index is 12.9. The topological polar surface area (TPSA) is 146 Å². The molecular formula is C26H38O9P-. The van der Waals surface area contributed by atoms with Crippen LogP contribution in [0.4, 0.5) is 0 Å². The Labute approximate surface area is 212 Å². The van der Waals surface area contributed by atoms with Crippen LogP contribution in [0, 0.1) is 28.6 Å². The maximum atomic E-state index is 12.9. The summed E-state index contributed by atoms with van der Waals surface area (Å²) in [6, 6.07) is 0. The molecule has 10 heteroatoms. The number of ether oxygens (including phenoxy) is 1. The summed E-state index contributed by atoms with van der Waals surface area (Å²) >= 11 is 0. The molecule has 202 valence electrons. The molecule has 0 aromatic carbocycles. The number of carbonyl (C=O) groups is 1. The normalized spacial score (nSPS) is 44.6. The molecule has 1 heterocycles. The van der Waals surface area contributed by atoms with E-state index in [-0.39, 0.29) is 22.5 Å². The fraction of sp³-hybridized carbons (Fsp3) is 0.808. The van der Waals surface area contributed by atoms with Crippen LogP contribution in [0.1, 0.15) is 72.1 Å². The number of hydrogen-bond donors (Lipinski definition) is 3. The third kappa shape index (κ3) is 4.20. The van der Waals surface area contributed by atoms with E-state index >= 15 is 0 Å². The number of cyclic esters (lactones) is 1. The molecular weight excluding hydrogens is 487 g/mol. The number of hydrogen-bond acceptors (Lipinski definition) is 9. The smallest absolute Gasteiger partial charge is 0.374 e. The van der Waals surface area contributed by atoms with Crippen LogP contribution in [-0.4, -0.2) is 52.3 Å². The summed E-state index contributed by atoms with van der Waals surface area (Å²) in [4.78, 5) is 25.2. The van der Waals surface area contributed by atoms with Gasteiger partial charge < -0.3 is 34.0 Å². The van der Waals surface area contributed by atoms with Crippen molar-refractivity contribution in [3.05, 3.63) is 23.0 Å². The Kier molecular flexibility index (Phi) is 6.75. The van der Waals surface area contributed by atoms with E-state index in [0.717, 1.165) is 44.9 Å². The summed E-state index contributed by atoms with van der Waals surface area (Å²) in [5, 5.41) is 29.2. The van der Waals surface area contributed by atoms with Gasteiger partial charge in [-0.05, 0) is 86.9 Å². The van der Waals surface area contributed by atoms with Gasteiger partial charge in [0.25, 0.3) is 0 Å². The SMILES string of the molecule is CC1=C(OP(=O)([O-])O[C@H]2CCC3C4CC=C5C[C@@H](O)CC[C@]5(C)C4CC[C@@]32C)C(=O)OC1C(O)CO. The van der Waals surface area contributed by atoms with E-state index in [4.69, 9.17) is 18.9 Å². The minimum atomic E-state index is -4.91. The molecule has 9 nitrogen and oxygen atoms in total. The second-order valence-corrected chi connectivity index (χ2v) is 13.3. The van der Waals surface area contributed by atoms with Gasteiger partial charge in [-0.1, -0.05) is 25.5 Å². The first-order valence-electron chi connectivity index (χ1n) is 13.2. The average Bonchev–Trinajstić information content (AvgIpc) is 3.29. The van der Waals surface area contributed by atoms with Gasteiger partial charge in [0.2, 0.25) is 5.76 Å². The molecule has 0 radical (unpaired) electrons. The Morgan fingerprint density at radius 1 is 1.22 bits per heavy atom.